The van der Waals surface area contributed by atoms with Crippen LogP contribution in [0.15, 0.2) is 48.5 Å². The molecule has 132 valence electrons. The van der Waals surface area contributed by atoms with Gasteiger partial charge in [0.25, 0.3) is 0 Å². The summed E-state index contributed by atoms with van der Waals surface area (Å²) in [6, 6.07) is 15.2. The number of carboxylic acid groups (broad SMARTS) is 1. The van der Waals surface area contributed by atoms with Crippen LogP contribution in [0, 0.1) is 6.92 Å². The Morgan fingerprint density at radius 2 is 1.48 bits per heavy atom. The number of carbonyl (C=O) groups is 1. The number of carboxylic acids is 1. The van der Waals surface area contributed by atoms with Crippen LogP contribution >= 0.6 is 0 Å². The molecule has 0 heterocycles. The van der Waals surface area contributed by atoms with Gasteiger partial charge in [-0.05, 0) is 42.4 Å². The number of rotatable bonds is 5. The number of hydrogen-bond acceptors (Lipinski definition) is 2. The van der Waals surface area contributed by atoms with Crippen molar-refractivity contribution in [2.24, 2.45) is 0 Å². The van der Waals surface area contributed by atoms with E-state index in [4.69, 9.17) is 0 Å². The van der Waals surface area contributed by atoms with Crippen molar-refractivity contribution in [2.75, 3.05) is 0 Å². The van der Waals surface area contributed by atoms with E-state index in [0.29, 0.717) is 17.0 Å². The number of benzene rings is 2. The van der Waals surface area contributed by atoms with E-state index < -0.39 is 18.0 Å². The fourth-order valence-electron chi connectivity index (χ4n) is 3.83. The molecule has 0 amide bonds. The van der Waals surface area contributed by atoms with Gasteiger partial charge in [-0.3, -0.25) is 4.79 Å². The number of aliphatic hydroxyl groups is 1. The van der Waals surface area contributed by atoms with Gasteiger partial charge in [-0.25, -0.2) is 0 Å². The Kier molecular flexibility index (Phi) is 5.54. The standard InChI is InChI=1S/C22H26O3/c1-15-7-9-19(10-8-15)21(23)20(22(24)25)18-13-11-17(12-14-18)16-5-3-2-4-6-16/h7-14,16,20-21,23H,2-6H2,1H3,(H,24,25)/t20-,21+/m1/s1. The Hall–Kier alpha value is -2.13. The van der Waals surface area contributed by atoms with Gasteiger partial charge < -0.3 is 10.2 Å². The number of aryl methyl sites for hydroxylation is 1. The first-order valence-electron chi connectivity index (χ1n) is 9.13. The van der Waals surface area contributed by atoms with Crippen LogP contribution in [-0.2, 0) is 4.79 Å². The summed E-state index contributed by atoms with van der Waals surface area (Å²) in [6.07, 6.45) is 5.24. The maximum Gasteiger partial charge on any atom is 0.314 e. The summed E-state index contributed by atoms with van der Waals surface area (Å²) in [5, 5.41) is 20.3. The third-order valence-corrected chi connectivity index (χ3v) is 5.37. The van der Waals surface area contributed by atoms with Gasteiger partial charge in [0.15, 0.2) is 0 Å². The Bertz CT molecular complexity index is 697. The summed E-state index contributed by atoms with van der Waals surface area (Å²) in [5.74, 6) is -1.37. The molecule has 0 bridgehead atoms. The van der Waals surface area contributed by atoms with Gasteiger partial charge in [-0.15, -0.1) is 0 Å². The van der Waals surface area contributed by atoms with E-state index in [1.165, 1.54) is 37.7 Å². The minimum Gasteiger partial charge on any atom is -0.481 e. The van der Waals surface area contributed by atoms with Gasteiger partial charge in [0.1, 0.15) is 5.92 Å². The molecule has 0 spiro atoms. The van der Waals surface area contributed by atoms with Crippen LogP contribution in [-0.4, -0.2) is 16.2 Å². The van der Waals surface area contributed by atoms with E-state index in [9.17, 15) is 15.0 Å². The van der Waals surface area contributed by atoms with E-state index in [0.717, 1.165) is 5.56 Å². The van der Waals surface area contributed by atoms with Gasteiger partial charge in [0, 0.05) is 0 Å². The van der Waals surface area contributed by atoms with Crippen molar-refractivity contribution >= 4 is 5.97 Å². The smallest absolute Gasteiger partial charge is 0.314 e. The molecule has 0 unspecified atom stereocenters. The molecule has 2 aromatic carbocycles. The Morgan fingerprint density at radius 1 is 0.920 bits per heavy atom. The molecule has 1 aliphatic rings. The highest BCUT2D eigenvalue weighted by atomic mass is 16.4. The van der Waals surface area contributed by atoms with E-state index in [2.05, 4.69) is 0 Å². The van der Waals surface area contributed by atoms with Crippen molar-refractivity contribution in [1.29, 1.82) is 0 Å². The molecule has 2 N–H and O–H groups in total. The Morgan fingerprint density at radius 3 is 2.04 bits per heavy atom. The van der Waals surface area contributed by atoms with E-state index in [1.54, 1.807) is 12.1 Å². The fourth-order valence-corrected chi connectivity index (χ4v) is 3.83. The first-order chi connectivity index (χ1) is 12.1. The molecular formula is C22H26O3. The van der Waals surface area contributed by atoms with Crippen LogP contribution in [0.4, 0.5) is 0 Å². The molecule has 1 saturated carbocycles. The van der Waals surface area contributed by atoms with Gasteiger partial charge >= 0.3 is 5.97 Å². The normalized spacial score (nSPS) is 17.8. The largest absolute Gasteiger partial charge is 0.481 e. The Balaban J connectivity index is 1.82. The fraction of sp³-hybridized carbons (Fsp3) is 0.409. The van der Waals surface area contributed by atoms with Crippen molar-refractivity contribution < 1.29 is 15.0 Å². The van der Waals surface area contributed by atoms with E-state index in [-0.39, 0.29) is 0 Å². The molecule has 0 aliphatic heterocycles. The Labute approximate surface area is 149 Å². The molecule has 2 atom stereocenters. The lowest BCUT2D eigenvalue weighted by atomic mass is 9.82. The minimum absolute atomic E-state index is 0.591. The number of hydrogen-bond donors (Lipinski definition) is 2. The molecule has 0 radical (unpaired) electrons. The molecule has 1 aliphatic carbocycles. The highest BCUT2D eigenvalue weighted by molar-refractivity contribution is 5.77. The van der Waals surface area contributed by atoms with Crippen molar-refractivity contribution in [3.05, 3.63) is 70.8 Å². The summed E-state index contributed by atoms with van der Waals surface area (Å²) in [5.41, 5.74) is 3.66. The minimum atomic E-state index is -1.06. The molecule has 3 heteroatoms. The van der Waals surface area contributed by atoms with Crippen molar-refractivity contribution in [1.82, 2.24) is 0 Å². The van der Waals surface area contributed by atoms with Gasteiger partial charge in [0.2, 0.25) is 0 Å². The monoisotopic (exact) mass is 338 g/mol. The summed E-state index contributed by atoms with van der Waals surface area (Å²) >= 11 is 0. The maximum atomic E-state index is 11.8. The second-order valence-corrected chi connectivity index (χ2v) is 7.17. The third-order valence-electron chi connectivity index (χ3n) is 5.37. The zero-order valence-corrected chi connectivity index (χ0v) is 14.7. The first kappa shape index (κ1) is 17.7. The molecule has 2 aromatic rings. The zero-order chi connectivity index (χ0) is 17.8. The van der Waals surface area contributed by atoms with Crippen LogP contribution in [0.1, 0.15) is 72.3 Å². The van der Waals surface area contributed by atoms with Crippen molar-refractivity contribution in [3.8, 4) is 0 Å². The molecule has 25 heavy (non-hydrogen) atoms. The predicted molar refractivity (Wildman–Crippen MR) is 98.8 cm³/mol. The molecule has 1 fully saturated rings. The first-order valence-corrected chi connectivity index (χ1v) is 9.13. The highest BCUT2D eigenvalue weighted by Crippen LogP contribution is 2.35. The highest BCUT2D eigenvalue weighted by Gasteiger charge is 2.29. The topological polar surface area (TPSA) is 57.5 Å². The maximum absolute atomic E-state index is 11.8. The SMILES string of the molecule is Cc1ccc([C@H](O)[C@H](C(=O)O)c2ccc(C3CCCCC3)cc2)cc1. The van der Waals surface area contributed by atoms with E-state index in [1.807, 2.05) is 43.3 Å². The second-order valence-electron chi connectivity index (χ2n) is 7.17. The summed E-state index contributed by atoms with van der Waals surface area (Å²) in [4.78, 5) is 11.8. The molecule has 3 rings (SSSR count). The van der Waals surface area contributed by atoms with Crippen LogP contribution in [0.2, 0.25) is 0 Å². The molecule has 0 saturated heterocycles. The van der Waals surface area contributed by atoms with Gasteiger partial charge in [0.05, 0.1) is 6.10 Å². The number of aliphatic carboxylic acids is 1. The molecule has 3 nitrogen and oxygen atoms in total. The summed E-state index contributed by atoms with van der Waals surface area (Å²) in [6.45, 7) is 1.97. The lowest BCUT2D eigenvalue weighted by molar-refractivity contribution is -0.141. The number of aliphatic hydroxyl groups excluding tert-OH is 1. The molecule has 0 aromatic heterocycles. The average molecular weight is 338 g/mol. The van der Waals surface area contributed by atoms with Crippen LogP contribution in [0.3, 0.4) is 0 Å². The van der Waals surface area contributed by atoms with Crippen molar-refractivity contribution in [3.63, 3.8) is 0 Å². The third kappa shape index (κ3) is 4.10. The van der Waals surface area contributed by atoms with Crippen LogP contribution < -0.4 is 0 Å². The van der Waals surface area contributed by atoms with E-state index >= 15 is 0 Å². The van der Waals surface area contributed by atoms with Gasteiger partial charge in [-0.2, -0.15) is 0 Å². The summed E-state index contributed by atoms with van der Waals surface area (Å²) in [7, 11) is 0. The lowest BCUT2D eigenvalue weighted by Crippen LogP contribution is -2.20. The second kappa shape index (κ2) is 7.83. The average Bonchev–Trinajstić information content (AvgIpc) is 2.63. The lowest BCUT2D eigenvalue weighted by Gasteiger charge is -2.24. The zero-order valence-electron chi connectivity index (χ0n) is 14.7. The quantitative estimate of drug-likeness (QED) is 0.811. The van der Waals surface area contributed by atoms with Crippen LogP contribution in [0.25, 0.3) is 0 Å². The molecular weight excluding hydrogens is 312 g/mol. The van der Waals surface area contributed by atoms with Gasteiger partial charge in [-0.1, -0.05) is 73.4 Å². The van der Waals surface area contributed by atoms with Crippen LogP contribution in [0.5, 0.6) is 0 Å². The van der Waals surface area contributed by atoms with Crippen molar-refractivity contribution in [2.45, 2.75) is 57.0 Å². The predicted octanol–water partition coefficient (Wildman–Crippen LogP) is 4.94. The summed E-state index contributed by atoms with van der Waals surface area (Å²) < 4.78 is 0.